The monoisotopic (exact) mass is 320 g/mol. The van der Waals surface area contributed by atoms with Gasteiger partial charge in [-0.25, -0.2) is 8.42 Å². The molecule has 0 aliphatic heterocycles. The molecule has 0 saturated heterocycles. The fourth-order valence-corrected chi connectivity index (χ4v) is 3.38. The van der Waals surface area contributed by atoms with Crippen LogP contribution in [0.4, 0.5) is 0 Å². The first-order chi connectivity index (χ1) is 7.60. The molecule has 0 aromatic heterocycles. The van der Waals surface area contributed by atoms with Crippen LogP contribution in [-0.4, -0.2) is 24.4 Å². The Bertz CT molecular complexity index is 519. The van der Waals surface area contributed by atoms with E-state index in [2.05, 4.69) is 15.9 Å². The quantitative estimate of drug-likeness (QED) is 0.931. The highest BCUT2D eigenvalue weighted by Gasteiger charge is 2.40. The summed E-state index contributed by atoms with van der Waals surface area (Å²) >= 11 is 3.32. The van der Waals surface area contributed by atoms with Crippen molar-refractivity contribution in [1.82, 2.24) is 0 Å². The average Bonchev–Trinajstić information content (AvgIpc) is 2.21. The van der Waals surface area contributed by atoms with E-state index in [0.717, 1.165) is 10.0 Å². The molecule has 0 radical (unpaired) electrons. The number of hydrogen-bond acceptors (Lipinski definition) is 3. The Kier molecular flexibility index (Phi) is 4.06. The number of halogens is 1. The number of rotatable bonds is 3. The summed E-state index contributed by atoms with van der Waals surface area (Å²) in [6.45, 7) is 6.43. The largest absolute Gasteiger partial charge is 0.392 e. The zero-order chi connectivity index (χ0) is 13.4. The first-order valence-corrected chi connectivity index (χ1v) is 7.57. The maximum atomic E-state index is 12.4. The number of sulfone groups is 1. The third-order valence-corrected chi connectivity index (χ3v) is 6.61. The van der Waals surface area contributed by atoms with E-state index in [9.17, 15) is 13.5 Å². The molecule has 1 rings (SSSR count). The van der Waals surface area contributed by atoms with Gasteiger partial charge in [0.05, 0.1) is 15.7 Å². The van der Waals surface area contributed by atoms with Gasteiger partial charge in [-0.3, -0.25) is 0 Å². The zero-order valence-corrected chi connectivity index (χ0v) is 12.8. The predicted octanol–water partition coefficient (Wildman–Crippen LogP) is 2.69. The van der Waals surface area contributed by atoms with E-state index in [4.69, 9.17) is 0 Å². The van der Waals surface area contributed by atoms with Crippen molar-refractivity contribution < 1.29 is 13.5 Å². The minimum absolute atomic E-state index is 0.223. The second-order valence-electron chi connectivity index (χ2n) is 4.69. The van der Waals surface area contributed by atoms with Crippen LogP contribution in [0.3, 0.4) is 0 Å². The van der Waals surface area contributed by atoms with E-state index in [1.807, 2.05) is 6.92 Å². The molecule has 1 N–H and O–H groups in total. The second-order valence-corrected chi connectivity index (χ2v) is 8.08. The standard InChI is InChI=1S/C12H17BrO3S/c1-8-5-6-10(7-11(8)13)17(15,16)12(3,4)9(2)14/h5-7,9,14H,1-4H3. The first-order valence-electron chi connectivity index (χ1n) is 5.29. The SMILES string of the molecule is Cc1ccc(S(=O)(=O)C(C)(C)C(C)O)cc1Br. The van der Waals surface area contributed by atoms with E-state index in [-0.39, 0.29) is 4.90 Å². The average molecular weight is 321 g/mol. The Labute approximate surface area is 111 Å². The minimum Gasteiger partial charge on any atom is -0.392 e. The van der Waals surface area contributed by atoms with Crippen molar-refractivity contribution in [3.8, 4) is 0 Å². The molecule has 0 fully saturated rings. The maximum Gasteiger partial charge on any atom is 0.186 e. The molecule has 0 saturated carbocycles. The highest BCUT2D eigenvalue weighted by atomic mass is 79.9. The molecule has 1 atom stereocenters. The molecule has 0 aliphatic rings. The third-order valence-electron chi connectivity index (χ3n) is 3.15. The van der Waals surface area contributed by atoms with E-state index < -0.39 is 20.7 Å². The molecule has 0 aliphatic carbocycles. The molecule has 3 nitrogen and oxygen atoms in total. The van der Waals surface area contributed by atoms with Crippen LogP contribution in [0.1, 0.15) is 26.3 Å². The Balaban J connectivity index is 3.37. The summed E-state index contributed by atoms with van der Waals surface area (Å²) < 4.78 is 24.3. The van der Waals surface area contributed by atoms with Crippen LogP contribution in [0, 0.1) is 6.92 Å². The van der Waals surface area contributed by atoms with Crippen LogP contribution in [0.15, 0.2) is 27.6 Å². The third kappa shape index (κ3) is 2.56. The van der Waals surface area contributed by atoms with Gasteiger partial charge in [0.15, 0.2) is 9.84 Å². The van der Waals surface area contributed by atoms with Crippen molar-refractivity contribution in [2.45, 2.75) is 43.4 Å². The summed E-state index contributed by atoms with van der Waals surface area (Å²) in [4.78, 5) is 0.223. The molecule has 1 aromatic rings. The van der Waals surface area contributed by atoms with Gasteiger partial charge < -0.3 is 5.11 Å². The van der Waals surface area contributed by atoms with Crippen molar-refractivity contribution in [3.05, 3.63) is 28.2 Å². The lowest BCUT2D eigenvalue weighted by molar-refractivity contribution is 0.156. The number of benzene rings is 1. The second kappa shape index (κ2) is 4.71. The number of hydrogen-bond donors (Lipinski definition) is 1. The lowest BCUT2D eigenvalue weighted by Crippen LogP contribution is -2.42. The van der Waals surface area contributed by atoms with Crippen LogP contribution in [0.25, 0.3) is 0 Å². The summed E-state index contributed by atoms with van der Waals surface area (Å²) in [6.07, 6.45) is -0.937. The van der Waals surface area contributed by atoms with Gasteiger partial charge in [-0.15, -0.1) is 0 Å². The molecule has 96 valence electrons. The van der Waals surface area contributed by atoms with Gasteiger partial charge in [-0.2, -0.15) is 0 Å². The number of aliphatic hydroxyl groups is 1. The molecule has 0 bridgehead atoms. The topological polar surface area (TPSA) is 54.4 Å². The van der Waals surface area contributed by atoms with E-state index >= 15 is 0 Å². The van der Waals surface area contributed by atoms with Crippen LogP contribution in [-0.2, 0) is 9.84 Å². The summed E-state index contributed by atoms with van der Waals surface area (Å²) in [7, 11) is -3.56. The van der Waals surface area contributed by atoms with E-state index in [0.29, 0.717) is 0 Å². The molecular weight excluding hydrogens is 304 g/mol. The van der Waals surface area contributed by atoms with Gasteiger partial charge in [0.1, 0.15) is 0 Å². The van der Waals surface area contributed by atoms with Crippen LogP contribution in [0.5, 0.6) is 0 Å². The molecular formula is C12H17BrO3S. The molecule has 17 heavy (non-hydrogen) atoms. The smallest absolute Gasteiger partial charge is 0.186 e. The molecule has 0 spiro atoms. The molecule has 0 heterocycles. The summed E-state index contributed by atoms with van der Waals surface area (Å²) in [5.74, 6) is 0. The Hall–Kier alpha value is -0.390. The Morgan fingerprint density at radius 1 is 1.35 bits per heavy atom. The van der Waals surface area contributed by atoms with Crippen LogP contribution in [0.2, 0.25) is 0 Å². The highest BCUT2D eigenvalue weighted by Crippen LogP contribution is 2.30. The molecule has 1 unspecified atom stereocenters. The molecule has 1 aromatic carbocycles. The van der Waals surface area contributed by atoms with E-state index in [1.165, 1.54) is 20.8 Å². The fourth-order valence-electron chi connectivity index (χ4n) is 1.27. The maximum absolute atomic E-state index is 12.4. The summed E-state index contributed by atoms with van der Waals surface area (Å²) in [5.41, 5.74) is 0.971. The highest BCUT2D eigenvalue weighted by molar-refractivity contribution is 9.10. The van der Waals surface area contributed by atoms with Crippen molar-refractivity contribution in [2.24, 2.45) is 0 Å². The Morgan fingerprint density at radius 2 is 1.88 bits per heavy atom. The number of aliphatic hydroxyl groups excluding tert-OH is 1. The van der Waals surface area contributed by atoms with Gasteiger partial charge in [0.2, 0.25) is 0 Å². The van der Waals surface area contributed by atoms with Gasteiger partial charge in [-0.1, -0.05) is 22.0 Å². The zero-order valence-electron chi connectivity index (χ0n) is 10.4. The molecule has 5 heteroatoms. The van der Waals surface area contributed by atoms with E-state index in [1.54, 1.807) is 18.2 Å². The summed E-state index contributed by atoms with van der Waals surface area (Å²) in [5, 5.41) is 9.61. The summed E-state index contributed by atoms with van der Waals surface area (Å²) in [6, 6.07) is 4.89. The van der Waals surface area contributed by atoms with Crippen molar-refractivity contribution in [2.75, 3.05) is 0 Å². The van der Waals surface area contributed by atoms with Crippen LogP contribution >= 0.6 is 15.9 Å². The van der Waals surface area contributed by atoms with Crippen molar-refractivity contribution in [1.29, 1.82) is 0 Å². The molecule has 0 amide bonds. The minimum atomic E-state index is -3.56. The van der Waals surface area contributed by atoms with Gasteiger partial charge >= 0.3 is 0 Å². The van der Waals surface area contributed by atoms with Gasteiger partial charge in [0, 0.05) is 4.47 Å². The van der Waals surface area contributed by atoms with Crippen molar-refractivity contribution >= 4 is 25.8 Å². The lowest BCUT2D eigenvalue weighted by Gasteiger charge is -2.28. The van der Waals surface area contributed by atoms with Gasteiger partial charge in [0.25, 0.3) is 0 Å². The predicted molar refractivity (Wildman–Crippen MR) is 71.8 cm³/mol. The number of aryl methyl sites for hydroxylation is 1. The first kappa shape index (κ1) is 14.7. The Morgan fingerprint density at radius 3 is 2.29 bits per heavy atom. The lowest BCUT2D eigenvalue weighted by atomic mass is 10.1. The fraction of sp³-hybridized carbons (Fsp3) is 0.500. The van der Waals surface area contributed by atoms with Crippen molar-refractivity contribution in [3.63, 3.8) is 0 Å². The normalized spacial score (nSPS) is 14.7. The van der Waals surface area contributed by atoms with Crippen LogP contribution < -0.4 is 0 Å². The van der Waals surface area contributed by atoms with Gasteiger partial charge in [-0.05, 0) is 45.4 Å².